The summed E-state index contributed by atoms with van der Waals surface area (Å²) in [4.78, 5) is 0. The molecule has 0 fully saturated rings. The van der Waals surface area contributed by atoms with Crippen LogP contribution in [-0.4, -0.2) is 7.05 Å². The van der Waals surface area contributed by atoms with Gasteiger partial charge in [-0.25, -0.2) is 4.39 Å². The molecule has 0 aliphatic rings. The maximum absolute atomic E-state index is 13.5. The van der Waals surface area contributed by atoms with Gasteiger partial charge in [0, 0.05) is 12.1 Å². The minimum atomic E-state index is -0.266. The van der Waals surface area contributed by atoms with Gasteiger partial charge in [-0.1, -0.05) is 23.7 Å². The number of benzene rings is 2. The molecule has 0 atom stereocenters. The molecule has 0 aromatic heterocycles. The lowest BCUT2D eigenvalue weighted by Crippen LogP contribution is -2.05. The fourth-order valence-electron chi connectivity index (χ4n) is 2.14. The van der Waals surface area contributed by atoms with Crippen LogP contribution in [-0.2, 0) is 6.54 Å². The van der Waals surface area contributed by atoms with Gasteiger partial charge in [-0.15, -0.1) is 0 Å². The first kappa shape index (κ1) is 14.0. The van der Waals surface area contributed by atoms with Crippen LogP contribution in [0, 0.1) is 19.7 Å². The second-order valence-corrected chi connectivity index (χ2v) is 5.17. The van der Waals surface area contributed by atoms with E-state index in [1.165, 1.54) is 11.6 Å². The molecule has 3 heteroatoms. The Morgan fingerprint density at radius 3 is 2.47 bits per heavy atom. The normalized spacial score (nSPS) is 10.8. The van der Waals surface area contributed by atoms with Gasteiger partial charge in [0.25, 0.3) is 0 Å². The zero-order valence-corrected chi connectivity index (χ0v) is 12.1. The lowest BCUT2D eigenvalue weighted by atomic mass is 9.96. The van der Waals surface area contributed by atoms with E-state index >= 15 is 0 Å². The van der Waals surface area contributed by atoms with Gasteiger partial charge in [-0.3, -0.25) is 0 Å². The number of aryl methyl sites for hydroxylation is 2. The molecule has 100 valence electrons. The summed E-state index contributed by atoms with van der Waals surface area (Å²) in [7, 11) is 1.91. The summed E-state index contributed by atoms with van der Waals surface area (Å²) in [5.41, 5.74) is 4.86. The van der Waals surface area contributed by atoms with Crippen LogP contribution >= 0.6 is 11.6 Å². The quantitative estimate of drug-likeness (QED) is 0.872. The first-order valence-electron chi connectivity index (χ1n) is 6.23. The van der Waals surface area contributed by atoms with Gasteiger partial charge in [0.05, 0.1) is 5.02 Å². The molecular weight excluding hydrogens is 261 g/mol. The third kappa shape index (κ3) is 2.96. The molecule has 0 amide bonds. The SMILES string of the molecule is CNCc1ccc(C)c(-c2cc(C)c(F)cc2Cl)c1. The first-order chi connectivity index (χ1) is 9.02. The van der Waals surface area contributed by atoms with Crippen LogP contribution in [0.2, 0.25) is 5.02 Å². The van der Waals surface area contributed by atoms with Crippen molar-refractivity contribution < 1.29 is 4.39 Å². The van der Waals surface area contributed by atoms with Crippen LogP contribution in [0.1, 0.15) is 16.7 Å². The van der Waals surface area contributed by atoms with E-state index in [0.717, 1.165) is 23.2 Å². The molecule has 0 saturated carbocycles. The summed E-state index contributed by atoms with van der Waals surface area (Å²) in [6.45, 7) is 4.58. The van der Waals surface area contributed by atoms with Gasteiger partial charge in [-0.05, 0) is 61.3 Å². The predicted molar refractivity (Wildman–Crippen MR) is 79.1 cm³/mol. The van der Waals surface area contributed by atoms with E-state index in [1.54, 1.807) is 6.92 Å². The molecule has 19 heavy (non-hydrogen) atoms. The molecule has 0 aliphatic heterocycles. The molecule has 0 bridgehead atoms. The van der Waals surface area contributed by atoms with Crippen molar-refractivity contribution in [2.45, 2.75) is 20.4 Å². The Kier molecular flexibility index (Phi) is 4.23. The predicted octanol–water partition coefficient (Wildman–Crippen LogP) is 4.48. The van der Waals surface area contributed by atoms with Crippen molar-refractivity contribution in [1.82, 2.24) is 5.32 Å². The van der Waals surface area contributed by atoms with Crippen LogP contribution in [0.4, 0.5) is 4.39 Å². The van der Waals surface area contributed by atoms with Crippen LogP contribution < -0.4 is 5.32 Å². The lowest BCUT2D eigenvalue weighted by molar-refractivity contribution is 0.619. The van der Waals surface area contributed by atoms with Crippen LogP contribution in [0.15, 0.2) is 30.3 Å². The lowest BCUT2D eigenvalue weighted by Gasteiger charge is -2.12. The molecule has 0 aliphatic carbocycles. The molecule has 2 aromatic rings. The maximum Gasteiger partial charge on any atom is 0.127 e. The number of rotatable bonds is 3. The van der Waals surface area contributed by atoms with Gasteiger partial charge in [-0.2, -0.15) is 0 Å². The topological polar surface area (TPSA) is 12.0 Å². The second-order valence-electron chi connectivity index (χ2n) is 4.76. The average Bonchev–Trinajstić information content (AvgIpc) is 2.37. The van der Waals surface area contributed by atoms with Gasteiger partial charge >= 0.3 is 0 Å². The largest absolute Gasteiger partial charge is 0.316 e. The fraction of sp³-hybridized carbons (Fsp3) is 0.250. The Bertz CT molecular complexity index is 608. The van der Waals surface area contributed by atoms with E-state index in [-0.39, 0.29) is 5.82 Å². The molecule has 0 unspecified atom stereocenters. The smallest absolute Gasteiger partial charge is 0.127 e. The van der Waals surface area contributed by atoms with E-state index in [2.05, 4.69) is 23.5 Å². The second kappa shape index (κ2) is 5.72. The molecule has 0 radical (unpaired) electrons. The number of hydrogen-bond acceptors (Lipinski definition) is 1. The Labute approximate surface area is 118 Å². The summed E-state index contributed by atoms with van der Waals surface area (Å²) in [6.07, 6.45) is 0. The van der Waals surface area contributed by atoms with Crippen molar-refractivity contribution >= 4 is 11.6 Å². The summed E-state index contributed by atoms with van der Waals surface area (Å²) < 4.78 is 13.5. The highest BCUT2D eigenvalue weighted by Crippen LogP contribution is 2.33. The Morgan fingerprint density at radius 1 is 1.05 bits per heavy atom. The highest BCUT2D eigenvalue weighted by atomic mass is 35.5. The van der Waals surface area contributed by atoms with Crippen molar-refractivity contribution in [3.05, 3.63) is 57.9 Å². The van der Waals surface area contributed by atoms with Gasteiger partial charge in [0.2, 0.25) is 0 Å². The molecule has 2 aromatic carbocycles. The highest BCUT2D eigenvalue weighted by Gasteiger charge is 2.10. The van der Waals surface area contributed by atoms with Crippen LogP contribution in [0.3, 0.4) is 0 Å². The van der Waals surface area contributed by atoms with Crippen molar-refractivity contribution in [3.63, 3.8) is 0 Å². The van der Waals surface area contributed by atoms with Crippen molar-refractivity contribution in [1.29, 1.82) is 0 Å². The summed E-state index contributed by atoms with van der Waals surface area (Å²) in [6, 6.07) is 9.45. The summed E-state index contributed by atoms with van der Waals surface area (Å²) in [5, 5.41) is 3.58. The van der Waals surface area contributed by atoms with Gasteiger partial charge < -0.3 is 5.32 Å². The Morgan fingerprint density at radius 2 is 1.79 bits per heavy atom. The number of nitrogens with one attached hydrogen (secondary N) is 1. The summed E-state index contributed by atoms with van der Waals surface area (Å²) >= 11 is 6.18. The molecule has 0 heterocycles. The zero-order valence-electron chi connectivity index (χ0n) is 11.3. The van der Waals surface area contributed by atoms with Crippen LogP contribution in [0.5, 0.6) is 0 Å². The molecular formula is C16H17ClFN. The molecule has 2 rings (SSSR count). The van der Waals surface area contributed by atoms with Crippen LogP contribution in [0.25, 0.3) is 11.1 Å². The first-order valence-corrected chi connectivity index (χ1v) is 6.61. The van der Waals surface area contributed by atoms with Crippen molar-refractivity contribution in [2.24, 2.45) is 0 Å². The zero-order chi connectivity index (χ0) is 14.0. The standard InChI is InChI=1S/C16H17ClFN/c1-10-4-5-12(9-19-3)7-13(10)14-6-11(2)16(18)8-15(14)17/h4-8,19H,9H2,1-3H3. The number of halogens is 2. The fourth-order valence-corrected chi connectivity index (χ4v) is 2.39. The monoisotopic (exact) mass is 277 g/mol. The minimum absolute atomic E-state index is 0.266. The Hall–Kier alpha value is -1.38. The maximum atomic E-state index is 13.5. The molecule has 0 spiro atoms. The Balaban J connectivity index is 2.57. The third-order valence-electron chi connectivity index (χ3n) is 3.22. The van der Waals surface area contributed by atoms with Gasteiger partial charge in [0.15, 0.2) is 0 Å². The minimum Gasteiger partial charge on any atom is -0.316 e. The van der Waals surface area contributed by atoms with Crippen molar-refractivity contribution in [3.8, 4) is 11.1 Å². The van der Waals surface area contributed by atoms with E-state index in [4.69, 9.17) is 11.6 Å². The molecule has 1 nitrogen and oxygen atoms in total. The molecule has 1 N–H and O–H groups in total. The highest BCUT2D eigenvalue weighted by molar-refractivity contribution is 6.33. The van der Waals surface area contributed by atoms with E-state index in [9.17, 15) is 4.39 Å². The van der Waals surface area contributed by atoms with E-state index < -0.39 is 0 Å². The van der Waals surface area contributed by atoms with Crippen molar-refractivity contribution in [2.75, 3.05) is 7.05 Å². The van der Waals surface area contributed by atoms with Gasteiger partial charge in [0.1, 0.15) is 5.82 Å². The average molecular weight is 278 g/mol. The molecule has 0 saturated heterocycles. The van der Waals surface area contributed by atoms with E-state index in [0.29, 0.717) is 10.6 Å². The van der Waals surface area contributed by atoms with E-state index in [1.807, 2.05) is 20.0 Å². The number of hydrogen-bond donors (Lipinski definition) is 1. The summed E-state index contributed by atoms with van der Waals surface area (Å²) in [5.74, 6) is -0.266. The third-order valence-corrected chi connectivity index (χ3v) is 3.53.